The van der Waals surface area contributed by atoms with Gasteiger partial charge in [-0.15, -0.1) is 0 Å². The van der Waals surface area contributed by atoms with Crippen molar-refractivity contribution >= 4 is 17.9 Å². The van der Waals surface area contributed by atoms with Crippen molar-refractivity contribution in [2.45, 2.75) is 12.8 Å². The van der Waals surface area contributed by atoms with Crippen LogP contribution in [0.1, 0.15) is 23.1 Å². The van der Waals surface area contributed by atoms with E-state index in [1.54, 1.807) is 4.90 Å². The Hall–Kier alpha value is -2.96. The van der Waals surface area contributed by atoms with Crippen molar-refractivity contribution in [3.8, 4) is 11.1 Å². The van der Waals surface area contributed by atoms with E-state index in [9.17, 15) is 4.79 Å². The molecule has 0 unspecified atom stereocenters. The second kappa shape index (κ2) is 8.05. The van der Waals surface area contributed by atoms with Crippen LogP contribution < -0.4 is 5.73 Å². The zero-order chi connectivity index (χ0) is 20.5. The maximum Gasteiger partial charge on any atom is 0.279 e. The highest BCUT2D eigenvalue weighted by atomic mass is 16.5. The van der Waals surface area contributed by atoms with Gasteiger partial charge in [-0.2, -0.15) is 0 Å². The minimum atomic E-state index is -0.115. The number of hydrogen-bond donors (Lipinski definition) is 1. The zero-order valence-electron chi connectivity index (χ0n) is 17.0. The summed E-state index contributed by atoms with van der Waals surface area (Å²) in [6, 6.07) is 14.8. The lowest BCUT2D eigenvalue weighted by Gasteiger charge is -2.27. The van der Waals surface area contributed by atoms with E-state index < -0.39 is 0 Å². The Morgan fingerprint density at radius 2 is 1.83 bits per heavy atom. The fourth-order valence-electron chi connectivity index (χ4n) is 4.45. The SMILES string of the molecule is NC1=N/C(=C\c2ccc3c(c2)-c2ccccc2C3)C(=O)N1CCCN1CCOCC1. The third-order valence-electron chi connectivity index (χ3n) is 6.06. The van der Waals surface area contributed by atoms with Gasteiger partial charge < -0.3 is 10.5 Å². The van der Waals surface area contributed by atoms with Crippen LogP contribution in [0.4, 0.5) is 0 Å². The smallest absolute Gasteiger partial charge is 0.279 e. The molecule has 3 aliphatic rings. The highest BCUT2D eigenvalue weighted by molar-refractivity contribution is 6.13. The molecule has 2 aromatic rings. The highest BCUT2D eigenvalue weighted by Gasteiger charge is 2.28. The molecular formula is C24H26N4O2. The molecule has 1 fully saturated rings. The van der Waals surface area contributed by atoms with Crippen LogP contribution in [0.5, 0.6) is 0 Å². The summed E-state index contributed by atoms with van der Waals surface area (Å²) in [5.74, 6) is 0.176. The van der Waals surface area contributed by atoms with Gasteiger partial charge in [0.05, 0.1) is 13.2 Å². The molecule has 2 aliphatic heterocycles. The molecule has 6 nitrogen and oxygen atoms in total. The first kappa shape index (κ1) is 19.0. The number of ether oxygens (including phenoxy) is 1. The van der Waals surface area contributed by atoms with E-state index in [1.165, 1.54) is 22.3 Å². The van der Waals surface area contributed by atoms with Gasteiger partial charge >= 0.3 is 0 Å². The van der Waals surface area contributed by atoms with Crippen LogP contribution in [-0.2, 0) is 16.0 Å². The molecule has 0 bridgehead atoms. The number of nitrogens with two attached hydrogens (primary N) is 1. The Bertz CT molecular complexity index is 1040. The number of guanidine groups is 1. The Morgan fingerprint density at radius 1 is 1.03 bits per heavy atom. The topological polar surface area (TPSA) is 71.2 Å². The Morgan fingerprint density at radius 3 is 2.70 bits per heavy atom. The van der Waals surface area contributed by atoms with Gasteiger partial charge in [-0.05, 0) is 52.8 Å². The normalized spacial score (nSPS) is 19.9. The number of benzene rings is 2. The molecule has 1 amide bonds. The number of carbonyl (C=O) groups excluding carboxylic acids is 1. The third kappa shape index (κ3) is 3.64. The van der Waals surface area contributed by atoms with E-state index in [1.807, 2.05) is 6.08 Å². The van der Waals surface area contributed by atoms with Crippen LogP contribution in [-0.4, -0.2) is 61.1 Å². The van der Waals surface area contributed by atoms with Crippen molar-refractivity contribution in [1.29, 1.82) is 0 Å². The molecule has 5 rings (SSSR count). The lowest BCUT2D eigenvalue weighted by Crippen LogP contribution is -2.41. The van der Waals surface area contributed by atoms with Gasteiger partial charge in [0.2, 0.25) is 5.96 Å². The molecule has 6 heteroatoms. The first-order chi connectivity index (χ1) is 14.7. The van der Waals surface area contributed by atoms with E-state index >= 15 is 0 Å². The van der Waals surface area contributed by atoms with Crippen LogP contribution in [0.25, 0.3) is 17.2 Å². The van der Waals surface area contributed by atoms with Crippen LogP contribution in [0.15, 0.2) is 53.2 Å². The van der Waals surface area contributed by atoms with Gasteiger partial charge in [-0.1, -0.05) is 36.4 Å². The second-order valence-electron chi connectivity index (χ2n) is 8.01. The molecule has 0 atom stereocenters. The van der Waals surface area contributed by atoms with E-state index in [-0.39, 0.29) is 5.91 Å². The Labute approximate surface area is 176 Å². The number of amides is 1. The fourth-order valence-corrected chi connectivity index (χ4v) is 4.45. The first-order valence-electron chi connectivity index (χ1n) is 10.6. The number of rotatable bonds is 5. The van der Waals surface area contributed by atoms with Gasteiger partial charge in [0.1, 0.15) is 5.70 Å². The molecule has 0 aromatic heterocycles. The van der Waals surface area contributed by atoms with E-state index in [0.717, 1.165) is 51.3 Å². The van der Waals surface area contributed by atoms with Crippen LogP contribution in [0.2, 0.25) is 0 Å². The average molecular weight is 402 g/mol. The maximum atomic E-state index is 12.9. The third-order valence-corrected chi connectivity index (χ3v) is 6.06. The molecule has 2 N–H and O–H groups in total. The molecule has 30 heavy (non-hydrogen) atoms. The number of carbonyl (C=O) groups is 1. The number of aliphatic imine (C=N–C) groups is 1. The van der Waals surface area contributed by atoms with E-state index in [4.69, 9.17) is 10.5 Å². The summed E-state index contributed by atoms with van der Waals surface area (Å²) in [5.41, 5.74) is 12.6. The quantitative estimate of drug-likeness (QED) is 0.666. The van der Waals surface area contributed by atoms with Crippen molar-refractivity contribution in [2.24, 2.45) is 10.7 Å². The lowest BCUT2D eigenvalue weighted by molar-refractivity contribution is -0.122. The largest absolute Gasteiger partial charge is 0.379 e. The highest BCUT2D eigenvalue weighted by Crippen LogP contribution is 2.37. The summed E-state index contributed by atoms with van der Waals surface area (Å²) >= 11 is 0. The summed E-state index contributed by atoms with van der Waals surface area (Å²) in [4.78, 5) is 21.2. The predicted octanol–water partition coefficient (Wildman–Crippen LogP) is 2.48. The van der Waals surface area contributed by atoms with Crippen molar-refractivity contribution < 1.29 is 9.53 Å². The summed E-state index contributed by atoms with van der Waals surface area (Å²) in [6.45, 7) is 4.98. The van der Waals surface area contributed by atoms with Crippen LogP contribution in [0.3, 0.4) is 0 Å². The lowest BCUT2D eigenvalue weighted by atomic mass is 10.0. The molecule has 1 saturated heterocycles. The summed E-state index contributed by atoms with van der Waals surface area (Å²) in [6.07, 6.45) is 3.67. The van der Waals surface area contributed by atoms with Gasteiger partial charge in [0, 0.05) is 26.2 Å². The number of nitrogens with zero attached hydrogens (tertiary/aromatic N) is 3. The standard InChI is InChI=1S/C24H26N4O2/c25-24-26-22(23(29)28(24)9-3-8-27-10-12-30-13-11-27)15-17-6-7-19-16-18-4-1-2-5-20(18)21(19)14-17/h1-2,4-7,14-15H,3,8-13,16H2,(H2,25,26)/b22-15-. The second-order valence-corrected chi connectivity index (χ2v) is 8.01. The van der Waals surface area contributed by atoms with Crippen LogP contribution in [0, 0.1) is 0 Å². The number of hydrogen-bond acceptors (Lipinski definition) is 5. The van der Waals surface area contributed by atoms with Gasteiger partial charge in [0.25, 0.3) is 5.91 Å². The maximum absolute atomic E-state index is 12.9. The molecule has 0 spiro atoms. The monoisotopic (exact) mass is 402 g/mol. The van der Waals surface area contributed by atoms with Crippen molar-refractivity contribution in [3.05, 3.63) is 64.9 Å². The summed E-state index contributed by atoms with van der Waals surface area (Å²) < 4.78 is 5.38. The van der Waals surface area contributed by atoms with Crippen molar-refractivity contribution in [3.63, 3.8) is 0 Å². The molecule has 154 valence electrons. The Kier molecular flexibility index (Phi) is 5.11. The van der Waals surface area contributed by atoms with E-state index in [2.05, 4.69) is 52.4 Å². The zero-order valence-corrected chi connectivity index (χ0v) is 17.0. The molecule has 0 radical (unpaired) electrons. The first-order valence-corrected chi connectivity index (χ1v) is 10.6. The fraction of sp³-hybridized carbons (Fsp3) is 0.333. The number of morpholine rings is 1. The Balaban J connectivity index is 1.28. The molecule has 0 saturated carbocycles. The molecular weight excluding hydrogens is 376 g/mol. The van der Waals surface area contributed by atoms with Crippen molar-refractivity contribution in [1.82, 2.24) is 9.80 Å². The average Bonchev–Trinajstić information content (AvgIpc) is 3.26. The van der Waals surface area contributed by atoms with Gasteiger partial charge in [-0.25, -0.2) is 4.99 Å². The van der Waals surface area contributed by atoms with Crippen LogP contribution >= 0.6 is 0 Å². The minimum Gasteiger partial charge on any atom is -0.379 e. The van der Waals surface area contributed by atoms with Gasteiger partial charge in [0.15, 0.2) is 0 Å². The number of fused-ring (bicyclic) bond motifs is 3. The summed E-state index contributed by atoms with van der Waals surface area (Å²) in [7, 11) is 0. The summed E-state index contributed by atoms with van der Waals surface area (Å²) in [5, 5.41) is 0. The predicted molar refractivity (Wildman–Crippen MR) is 118 cm³/mol. The van der Waals surface area contributed by atoms with Gasteiger partial charge in [-0.3, -0.25) is 14.6 Å². The molecule has 1 aliphatic carbocycles. The van der Waals surface area contributed by atoms with E-state index in [0.29, 0.717) is 18.2 Å². The molecule has 2 aromatic carbocycles. The minimum absolute atomic E-state index is 0.115. The van der Waals surface area contributed by atoms with Crippen molar-refractivity contribution in [2.75, 3.05) is 39.4 Å². The molecule has 2 heterocycles.